The zero-order chi connectivity index (χ0) is 13.0. The summed E-state index contributed by atoms with van der Waals surface area (Å²) in [5.74, 6) is 0. The predicted molar refractivity (Wildman–Crippen MR) is 75.8 cm³/mol. The molecule has 2 aromatic carbocycles. The number of benzene rings is 2. The summed E-state index contributed by atoms with van der Waals surface area (Å²) in [7, 11) is 0. The molecule has 4 nitrogen and oxygen atoms in total. The van der Waals surface area contributed by atoms with Gasteiger partial charge in [0.05, 0.1) is 22.1 Å². The van der Waals surface area contributed by atoms with E-state index in [1.54, 1.807) is 12.1 Å². The molecule has 0 spiro atoms. The van der Waals surface area contributed by atoms with E-state index in [4.69, 9.17) is 11.6 Å². The molecule has 92 valence electrons. The Labute approximate surface area is 112 Å². The van der Waals surface area contributed by atoms with Gasteiger partial charge < -0.3 is 4.98 Å². The lowest BCUT2D eigenvalue weighted by molar-refractivity contribution is 1.19. The minimum atomic E-state index is -0.203. The fourth-order valence-corrected chi connectivity index (χ4v) is 2.57. The van der Waals surface area contributed by atoms with Crippen molar-refractivity contribution in [2.24, 2.45) is 0 Å². The Morgan fingerprint density at radius 3 is 2.84 bits per heavy atom. The van der Waals surface area contributed by atoms with Gasteiger partial charge in [0.1, 0.15) is 0 Å². The van der Waals surface area contributed by atoms with Crippen LogP contribution in [0.4, 0.5) is 0 Å². The predicted octanol–water partition coefficient (Wildman–Crippen LogP) is 2.98. The molecule has 4 rings (SSSR count). The van der Waals surface area contributed by atoms with E-state index in [1.807, 2.05) is 34.7 Å². The fourth-order valence-electron chi connectivity index (χ4n) is 2.40. The first-order valence-corrected chi connectivity index (χ1v) is 6.20. The number of rotatable bonds is 0. The maximum atomic E-state index is 12.1. The van der Waals surface area contributed by atoms with Crippen LogP contribution < -0.4 is 5.56 Å². The van der Waals surface area contributed by atoms with Gasteiger partial charge in [0.15, 0.2) is 0 Å². The topological polar surface area (TPSA) is 50.2 Å². The largest absolute Gasteiger partial charge is 0.317 e. The third kappa shape index (κ3) is 1.40. The van der Waals surface area contributed by atoms with Gasteiger partial charge >= 0.3 is 0 Å². The Kier molecular flexibility index (Phi) is 2.00. The van der Waals surface area contributed by atoms with Crippen molar-refractivity contribution in [1.82, 2.24) is 14.4 Å². The van der Waals surface area contributed by atoms with Crippen LogP contribution in [-0.2, 0) is 0 Å². The lowest BCUT2D eigenvalue weighted by Crippen LogP contribution is -2.10. The Bertz CT molecular complexity index is 1000. The highest BCUT2D eigenvalue weighted by Crippen LogP contribution is 2.22. The minimum absolute atomic E-state index is 0.203. The molecule has 0 amide bonds. The molecule has 0 saturated carbocycles. The Morgan fingerprint density at radius 1 is 1.11 bits per heavy atom. The molecule has 0 aliphatic rings. The molecule has 0 aliphatic carbocycles. The first kappa shape index (κ1) is 10.6. The van der Waals surface area contributed by atoms with Gasteiger partial charge in [-0.1, -0.05) is 23.7 Å². The number of para-hydroxylation sites is 2. The smallest absolute Gasteiger partial charge is 0.292 e. The lowest BCUT2D eigenvalue weighted by Gasteiger charge is -2.02. The van der Waals surface area contributed by atoms with Crippen molar-refractivity contribution in [3.8, 4) is 0 Å². The lowest BCUT2D eigenvalue weighted by atomic mass is 10.3. The molecule has 0 fully saturated rings. The summed E-state index contributed by atoms with van der Waals surface area (Å²) in [6, 6.07) is 13.1. The molecule has 0 atom stereocenters. The number of hydrogen-bond acceptors (Lipinski definition) is 2. The monoisotopic (exact) mass is 269 g/mol. The number of halogens is 1. The van der Waals surface area contributed by atoms with E-state index in [2.05, 4.69) is 9.97 Å². The van der Waals surface area contributed by atoms with E-state index in [0.717, 1.165) is 16.6 Å². The molecule has 19 heavy (non-hydrogen) atoms. The van der Waals surface area contributed by atoms with Crippen LogP contribution in [0.5, 0.6) is 0 Å². The standard InChI is InChI=1S/C14H8ClN3O/c15-8-5-6-12-10(7-8)16-13-14(19)17-9-3-1-2-4-11(9)18(12)13/h1-7H,(H,17,19). The minimum Gasteiger partial charge on any atom is -0.317 e. The molecular formula is C14H8ClN3O. The highest BCUT2D eigenvalue weighted by molar-refractivity contribution is 6.31. The van der Waals surface area contributed by atoms with Gasteiger partial charge in [0.2, 0.25) is 5.65 Å². The van der Waals surface area contributed by atoms with Gasteiger partial charge in [-0.15, -0.1) is 0 Å². The molecule has 0 radical (unpaired) electrons. The molecule has 2 heterocycles. The zero-order valence-electron chi connectivity index (χ0n) is 9.72. The van der Waals surface area contributed by atoms with Crippen molar-refractivity contribution < 1.29 is 0 Å². The number of aromatic amines is 1. The number of hydrogen-bond donors (Lipinski definition) is 1. The summed E-state index contributed by atoms with van der Waals surface area (Å²) in [5, 5.41) is 0.608. The third-order valence-electron chi connectivity index (χ3n) is 3.21. The summed E-state index contributed by atoms with van der Waals surface area (Å²) >= 11 is 5.97. The second kappa shape index (κ2) is 3.59. The van der Waals surface area contributed by atoms with Crippen molar-refractivity contribution in [1.29, 1.82) is 0 Å². The summed E-state index contributed by atoms with van der Waals surface area (Å²) in [6.45, 7) is 0. The maximum Gasteiger partial charge on any atom is 0.292 e. The average molecular weight is 270 g/mol. The molecule has 1 N–H and O–H groups in total. The van der Waals surface area contributed by atoms with Gasteiger partial charge in [0.25, 0.3) is 5.56 Å². The fraction of sp³-hybridized carbons (Fsp3) is 0. The SMILES string of the molecule is O=c1[nH]c2ccccc2n2c1nc1cc(Cl)ccc12. The van der Waals surface area contributed by atoms with Crippen molar-refractivity contribution in [3.63, 3.8) is 0 Å². The molecular weight excluding hydrogens is 262 g/mol. The second-order valence-corrected chi connectivity index (χ2v) is 4.81. The van der Waals surface area contributed by atoms with Crippen LogP contribution in [0.3, 0.4) is 0 Å². The molecule has 4 aromatic rings. The highest BCUT2D eigenvalue weighted by atomic mass is 35.5. The van der Waals surface area contributed by atoms with E-state index in [9.17, 15) is 4.79 Å². The van der Waals surface area contributed by atoms with E-state index < -0.39 is 0 Å². The summed E-state index contributed by atoms with van der Waals surface area (Å²) in [5.41, 5.74) is 3.48. The van der Waals surface area contributed by atoms with Crippen LogP contribution in [0.15, 0.2) is 47.3 Å². The number of nitrogens with one attached hydrogen (secondary N) is 1. The molecule has 0 saturated heterocycles. The van der Waals surface area contributed by atoms with Crippen molar-refractivity contribution in [3.05, 3.63) is 57.8 Å². The van der Waals surface area contributed by atoms with E-state index in [1.165, 1.54) is 0 Å². The number of aromatic nitrogens is 3. The zero-order valence-corrected chi connectivity index (χ0v) is 10.5. The molecule has 0 unspecified atom stereocenters. The van der Waals surface area contributed by atoms with Crippen LogP contribution in [-0.4, -0.2) is 14.4 Å². The summed E-state index contributed by atoms with van der Waals surface area (Å²) < 4.78 is 1.86. The summed E-state index contributed by atoms with van der Waals surface area (Å²) in [4.78, 5) is 19.3. The van der Waals surface area contributed by atoms with E-state index >= 15 is 0 Å². The van der Waals surface area contributed by atoms with E-state index in [0.29, 0.717) is 16.2 Å². The van der Waals surface area contributed by atoms with Gasteiger partial charge in [-0.05, 0) is 30.3 Å². The molecule has 0 aliphatic heterocycles. The highest BCUT2D eigenvalue weighted by Gasteiger charge is 2.11. The van der Waals surface area contributed by atoms with Crippen molar-refractivity contribution >= 4 is 39.3 Å². The second-order valence-electron chi connectivity index (χ2n) is 4.38. The van der Waals surface area contributed by atoms with Crippen LogP contribution >= 0.6 is 11.6 Å². The Morgan fingerprint density at radius 2 is 1.95 bits per heavy atom. The number of fused-ring (bicyclic) bond motifs is 5. The number of H-pyrrole nitrogens is 1. The summed E-state index contributed by atoms with van der Waals surface area (Å²) in [6.07, 6.45) is 0. The maximum absolute atomic E-state index is 12.1. The number of nitrogens with zero attached hydrogens (tertiary/aromatic N) is 2. The molecule has 2 aromatic heterocycles. The van der Waals surface area contributed by atoms with Crippen LogP contribution in [0.1, 0.15) is 0 Å². The average Bonchev–Trinajstić information content (AvgIpc) is 2.78. The first-order valence-electron chi connectivity index (χ1n) is 5.83. The Balaban J connectivity index is 2.39. The third-order valence-corrected chi connectivity index (χ3v) is 3.45. The molecule has 0 bridgehead atoms. The van der Waals surface area contributed by atoms with Gasteiger partial charge in [-0.3, -0.25) is 9.20 Å². The van der Waals surface area contributed by atoms with Crippen molar-refractivity contribution in [2.45, 2.75) is 0 Å². The van der Waals surface area contributed by atoms with Crippen LogP contribution in [0.2, 0.25) is 5.02 Å². The van der Waals surface area contributed by atoms with Crippen LogP contribution in [0.25, 0.3) is 27.7 Å². The quantitative estimate of drug-likeness (QED) is 0.533. The van der Waals surface area contributed by atoms with Gasteiger partial charge in [0, 0.05) is 5.02 Å². The van der Waals surface area contributed by atoms with Gasteiger partial charge in [-0.25, -0.2) is 4.98 Å². The molecule has 5 heteroatoms. The van der Waals surface area contributed by atoms with Gasteiger partial charge in [-0.2, -0.15) is 0 Å². The normalized spacial score (nSPS) is 11.6. The van der Waals surface area contributed by atoms with Crippen molar-refractivity contribution in [2.75, 3.05) is 0 Å². The Hall–Kier alpha value is -2.33. The number of imidazole rings is 1. The first-order chi connectivity index (χ1) is 9.24. The van der Waals surface area contributed by atoms with Crippen LogP contribution in [0, 0.1) is 0 Å². The van der Waals surface area contributed by atoms with E-state index in [-0.39, 0.29) is 5.56 Å².